The summed E-state index contributed by atoms with van der Waals surface area (Å²) in [6.45, 7) is 5.13. The maximum Gasteiger partial charge on any atom is 0.231 e. The number of nitrogens with two attached hydrogens (primary N) is 1. The minimum atomic E-state index is -0.544. The Morgan fingerprint density at radius 2 is 1.91 bits per heavy atom. The zero-order chi connectivity index (χ0) is 24.2. The van der Waals surface area contributed by atoms with Crippen LogP contribution in [0.25, 0.3) is 0 Å². The molecule has 9 nitrogen and oxygen atoms in total. The number of amides is 2. The largest absolute Gasteiger partial charge is 0.387 e. The van der Waals surface area contributed by atoms with Crippen molar-refractivity contribution in [1.82, 2.24) is 20.2 Å². The zero-order valence-corrected chi connectivity index (χ0v) is 20.0. The van der Waals surface area contributed by atoms with Gasteiger partial charge >= 0.3 is 0 Å². The molecule has 1 saturated heterocycles. The van der Waals surface area contributed by atoms with Crippen molar-refractivity contribution in [1.29, 1.82) is 0 Å². The predicted molar refractivity (Wildman–Crippen MR) is 130 cm³/mol. The fourth-order valence-electron chi connectivity index (χ4n) is 4.90. The number of hydrogen-bond donors (Lipinski definition) is 3. The molecule has 182 valence electrons. The number of aliphatic hydroxyl groups excluding tert-OH is 1. The van der Waals surface area contributed by atoms with Crippen molar-refractivity contribution in [2.75, 3.05) is 44.2 Å². The number of rotatable bonds is 8. The minimum Gasteiger partial charge on any atom is -0.387 e. The molecule has 1 aliphatic carbocycles. The maximum atomic E-state index is 13.5. The van der Waals surface area contributed by atoms with E-state index in [1.165, 1.54) is 6.33 Å². The number of carbonyl (C=O) groups excluding carboxylic acids is 2. The van der Waals surface area contributed by atoms with Crippen LogP contribution in [0, 0.1) is 0 Å². The number of aliphatic hydroxyl groups is 1. The first-order valence-electron chi connectivity index (χ1n) is 11.7. The molecule has 0 radical (unpaired) electrons. The second-order valence-electron chi connectivity index (χ2n) is 9.00. The van der Waals surface area contributed by atoms with Crippen LogP contribution in [-0.2, 0) is 9.59 Å². The second kappa shape index (κ2) is 10.7. The van der Waals surface area contributed by atoms with Crippen LogP contribution in [0.4, 0.5) is 5.82 Å². The third-order valence-electron chi connectivity index (χ3n) is 6.65. The Kier molecular flexibility index (Phi) is 7.65. The van der Waals surface area contributed by atoms with Gasteiger partial charge in [-0.1, -0.05) is 30.7 Å². The number of anilines is 1. The molecule has 2 aromatic rings. The van der Waals surface area contributed by atoms with Crippen LogP contribution >= 0.6 is 11.6 Å². The van der Waals surface area contributed by atoms with Gasteiger partial charge in [0.1, 0.15) is 12.1 Å². The Morgan fingerprint density at radius 3 is 2.59 bits per heavy atom. The molecule has 0 bridgehead atoms. The number of aromatic nitrogens is 2. The van der Waals surface area contributed by atoms with E-state index in [-0.39, 0.29) is 24.3 Å². The molecule has 2 heterocycles. The summed E-state index contributed by atoms with van der Waals surface area (Å²) in [6, 6.07) is 7.34. The molecule has 1 aromatic heterocycles. The Morgan fingerprint density at radius 1 is 1.21 bits per heavy atom. The van der Waals surface area contributed by atoms with Crippen molar-refractivity contribution in [3.8, 4) is 0 Å². The Labute approximate surface area is 204 Å². The summed E-state index contributed by atoms with van der Waals surface area (Å²) < 4.78 is 0. The van der Waals surface area contributed by atoms with Crippen molar-refractivity contribution in [3.63, 3.8) is 0 Å². The Bertz CT molecular complexity index is 1030. The zero-order valence-electron chi connectivity index (χ0n) is 19.3. The summed E-state index contributed by atoms with van der Waals surface area (Å²) in [5.74, 6) is 0.347. The monoisotopic (exact) mass is 486 g/mol. The van der Waals surface area contributed by atoms with E-state index in [4.69, 9.17) is 17.3 Å². The molecule has 3 atom stereocenters. The number of nitrogens with one attached hydrogen (secondary N) is 1. The molecule has 0 spiro atoms. The lowest BCUT2D eigenvalue weighted by molar-refractivity contribution is -0.133. The standard InChI is InChI=1S/C24H31ClN6O3/c1-15-12-19(32)22-21(15)23(29-14-28-22)30-8-10-31(11-9-30)24(34)18(6-7-27-13-20(26)33)16-2-4-17(25)5-3-16/h2-5,14-15,18-19,27,32H,6-13H2,1H3,(H2,26,33)/t15-,18-,19-/m1/s1. The second-order valence-corrected chi connectivity index (χ2v) is 9.43. The average Bonchev–Trinajstić information content (AvgIpc) is 3.13. The highest BCUT2D eigenvalue weighted by Crippen LogP contribution is 2.42. The molecule has 4 rings (SSSR count). The molecule has 2 amide bonds. The first-order valence-corrected chi connectivity index (χ1v) is 12.0. The SMILES string of the molecule is C[C@@H]1C[C@@H](O)c2ncnc(N3CCN(C(=O)[C@H](CCNCC(N)=O)c4ccc(Cl)cc4)CC3)c21. The number of fused-ring (bicyclic) bond motifs is 1. The lowest BCUT2D eigenvalue weighted by atomic mass is 9.93. The number of carbonyl (C=O) groups is 2. The molecule has 10 heteroatoms. The first kappa shape index (κ1) is 24.4. The summed E-state index contributed by atoms with van der Waals surface area (Å²) >= 11 is 6.05. The van der Waals surface area contributed by atoms with E-state index in [0.717, 1.165) is 22.6 Å². The normalized spacial score (nSPS) is 20.8. The Balaban J connectivity index is 1.44. The number of benzene rings is 1. The van der Waals surface area contributed by atoms with Crippen molar-refractivity contribution in [2.24, 2.45) is 5.73 Å². The molecule has 1 aliphatic heterocycles. The van der Waals surface area contributed by atoms with Gasteiger partial charge < -0.3 is 26.0 Å². The van der Waals surface area contributed by atoms with Crippen LogP contribution in [0.3, 0.4) is 0 Å². The van der Waals surface area contributed by atoms with Crippen LogP contribution in [0.2, 0.25) is 5.02 Å². The first-order chi connectivity index (χ1) is 16.3. The summed E-state index contributed by atoms with van der Waals surface area (Å²) in [4.78, 5) is 37.5. The van der Waals surface area contributed by atoms with Gasteiger partial charge in [0.15, 0.2) is 0 Å². The number of piperazine rings is 1. The van der Waals surface area contributed by atoms with Gasteiger partial charge in [0.05, 0.1) is 24.3 Å². The van der Waals surface area contributed by atoms with Crippen molar-refractivity contribution >= 4 is 29.2 Å². The van der Waals surface area contributed by atoms with Crippen molar-refractivity contribution < 1.29 is 14.7 Å². The van der Waals surface area contributed by atoms with Gasteiger partial charge in [0.25, 0.3) is 0 Å². The van der Waals surface area contributed by atoms with Gasteiger partial charge in [-0.05, 0) is 43.0 Å². The predicted octanol–water partition coefficient (Wildman–Crippen LogP) is 1.57. The summed E-state index contributed by atoms with van der Waals surface area (Å²) in [7, 11) is 0. The van der Waals surface area contributed by atoms with Gasteiger partial charge in [0.2, 0.25) is 11.8 Å². The lowest BCUT2D eigenvalue weighted by Gasteiger charge is -2.38. The smallest absolute Gasteiger partial charge is 0.231 e. The quantitative estimate of drug-likeness (QED) is 0.483. The molecular formula is C24H31ClN6O3. The number of halogens is 1. The fourth-order valence-corrected chi connectivity index (χ4v) is 5.02. The molecule has 2 aliphatic rings. The summed E-state index contributed by atoms with van der Waals surface area (Å²) in [5, 5.41) is 13.9. The van der Waals surface area contributed by atoms with E-state index < -0.39 is 12.0 Å². The fraction of sp³-hybridized carbons (Fsp3) is 0.500. The third-order valence-corrected chi connectivity index (χ3v) is 6.90. The molecule has 1 aromatic carbocycles. The van der Waals surface area contributed by atoms with E-state index in [2.05, 4.69) is 27.1 Å². The third kappa shape index (κ3) is 5.32. The van der Waals surface area contributed by atoms with Gasteiger partial charge in [-0.25, -0.2) is 9.97 Å². The van der Waals surface area contributed by atoms with Gasteiger partial charge in [0, 0.05) is 36.8 Å². The van der Waals surface area contributed by atoms with Crippen LogP contribution in [0.15, 0.2) is 30.6 Å². The van der Waals surface area contributed by atoms with E-state index in [1.54, 1.807) is 12.1 Å². The van der Waals surface area contributed by atoms with E-state index in [1.807, 2.05) is 17.0 Å². The molecule has 4 N–H and O–H groups in total. The highest BCUT2D eigenvalue weighted by Gasteiger charge is 2.35. The molecule has 1 fully saturated rings. The average molecular weight is 487 g/mol. The molecule has 0 unspecified atom stereocenters. The van der Waals surface area contributed by atoms with Crippen molar-refractivity contribution in [3.05, 3.63) is 52.4 Å². The van der Waals surface area contributed by atoms with Gasteiger partial charge in [-0.15, -0.1) is 0 Å². The summed E-state index contributed by atoms with van der Waals surface area (Å²) in [5.41, 5.74) is 7.85. The molecule has 0 saturated carbocycles. The topological polar surface area (TPSA) is 125 Å². The molecular weight excluding hydrogens is 456 g/mol. The minimum absolute atomic E-state index is 0.0551. The molecule has 34 heavy (non-hydrogen) atoms. The van der Waals surface area contributed by atoms with Crippen LogP contribution in [0.5, 0.6) is 0 Å². The lowest BCUT2D eigenvalue weighted by Crippen LogP contribution is -2.50. The van der Waals surface area contributed by atoms with E-state index in [9.17, 15) is 14.7 Å². The Hall–Kier alpha value is -2.75. The highest BCUT2D eigenvalue weighted by molar-refractivity contribution is 6.30. The van der Waals surface area contributed by atoms with Crippen molar-refractivity contribution in [2.45, 2.75) is 37.7 Å². The number of hydrogen-bond acceptors (Lipinski definition) is 7. The van der Waals surface area contributed by atoms with E-state index >= 15 is 0 Å². The van der Waals surface area contributed by atoms with Gasteiger partial charge in [-0.3, -0.25) is 9.59 Å². The number of primary amides is 1. The maximum absolute atomic E-state index is 13.5. The highest BCUT2D eigenvalue weighted by atomic mass is 35.5. The van der Waals surface area contributed by atoms with E-state index in [0.29, 0.717) is 50.6 Å². The van der Waals surface area contributed by atoms with Crippen LogP contribution in [0.1, 0.15) is 54.5 Å². The van der Waals surface area contributed by atoms with Gasteiger partial charge in [-0.2, -0.15) is 0 Å². The van der Waals surface area contributed by atoms with Crippen LogP contribution in [-0.4, -0.2) is 71.1 Å². The summed E-state index contributed by atoms with van der Waals surface area (Å²) in [6.07, 6.45) is 2.18. The van der Waals surface area contributed by atoms with Crippen LogP contribution < -0.4 is 16.0 Å². The number of nitrogens with zero attached hydrogens (tertiary/aromatic N) is 4.